The fraction of sp³-hybridized carbons (Fsp3) is 0.435. The van der Waals surface area contributed by atoms with Gasteiger partial charge in [-0.05, 0) is 50.3 Å². The number of carbonyl (C=O) groups is 3. The number of hydrogen-bond donors (Lipinski definition) is 2. The standard InChI is InChI=1S/C23H27ClN4O3S/c1-14(21(30)26-22-19(20(25)29)16-7-4-9-18(16)32-22)27-10-5-11-28(13-12-27)23(31)15-6-2-3-8-17(15)24/h2-3,6,8,14H,4-5,7,9-13H2,1H3,(H2,25,29)(H,26,30). The van der Waals surface area contributed by atoms with Gasteiger partial charge in [0.25, 0.3) is 11.8 Å². The summed E-state index contributed by atoms with van der Waals surface area (Å²) in [5.41, 5.74) is 7.57. The first-order chi connectivity index (χ1) is 15.4. The number of nitrogens with one attached hydrogen (secondary N) is 1. The van der Waals surface area contributed by atoms with E-state index in [2.05, 4.69) is 10.2 Å². The molecule has 1 atom stereocenters. The van der Waals surface area contributed by atoms with Gasteiger partial charge in [0, 0.05) is 31.1 Å². The third kappa shape index (κ3) is 4.53. The number of rotatable bonds is 5. The number of aryl methyl sites for hydroxylation is 1. The van der Waals surface area contributed by atoms with Gasteiger partial charge in [0.1, 0.15) is 5.00 Å². The molecule has 0 spiro atoms. The Hall–Kier alpha value is -2.42. The molecule has 1 saturated heterocycles. The summed E-state index contributed by atoms with van der Waals surface area (Å²) in [5, 5.41) is 3.95. The lowest BCUT2D eigenvalue weighted by atomic mass is 10.1. The Labute approximate surface area is 196 Å². The average Bonchev–Trinajstić information content (AvgIpc) is 3.24. The molecule has 170 valence electrons. The Morgan fingerprint density at radius 3 is 2.62 bits per heavy atom. The summed E-state index contributed by atoms with van der Waals surface area (Å²) in [4.78, 5) is 42.9. The molecule has 0 bridgehead atoms. The van der Waals surface area contributed by atoms with E-state index in [0.29, 0.717) is 47.3 Å². The number of nitrogens with two attached hydrogens (primary N) is 1. The maximum atomic E-state index is 13.0. The van der Waals surface area contributed by atoms with Crippen LogP contribution < -0.4 is 11.1 Å². The number of primary amides is 1. The van der Waals surface area contributed by atoms with Gasteiger partial charge in [-0.3, -0.25) is 19.3 Å². The number of anilines is 1. The van der Waals surface area contributed by atoms with Crippen LogP contribution in [0.25, 0.3) is 0 Å². The van der Waals surface area contributed by atoms with Crippen molar-refractivity contribution >= 4 is 45.7 Å². The molecule has 3 N–H and O–H groups in total. The fourth-order valence-corrected chi connectivity index (χ4v) is 5.98. The number of halogens is 1. The highest BCUT2D eigenvalue weighted by Gasteiger charge is 2.30. The Bertz CT molecular complexity index is 1050. The Morgan fingerprint density at radius 1 is 1.09 bits per heavy atom. The summed E-state index contributed by atoms with van der Waals surface area (Å²) in [5.74, 6) is -0.747. The summed E-state index contributed by atoms with van der Waals surface area (Å²) in [6.45, 7) is 4.25. The van der Waals surface area contributed by atoms with Crippen molar-refractivity contribution in [2.45, 2.75) is 38.6 Å². The summed E-state index contributed by atoms with van der Waals surface area (Å²) in [6.07, 6.45) is 3.53. The quantitative estimate of drug-likeness (QED) is 0.695. The predicted octanol–water partition coefficient (Wildman–Crippen LogP) is 3.16. The maximum Gasteiger partial charge on any atom is 0.255 e. The third-order valence-electron chi connectivity index (χ3n) is 6.25. The smallest absolute Gasteiger partial charge is 0.255 e. The number of nitrogens with zero attached hydrogens (tertiary/aromatic N) is 2. The van der Waals surface area contributed by atoms with Gasteiger partial charge in [-0.25, -0.2) is 0 Å². The van der Waals surface area contributed by atoms with E-state index < -0.39 is 11.9 Å². The van der Waals surface area contributed by atoms with Crippen LogP contribution in [0.5, 0.6) is 0 Å². The van der Waals surface area contributed by atoms with Crippen LogP contribution in [0, 0.1) is 0 Å². The minimum absolute atomic E-state index is 0.0891. The van der Waals surface area contributed by atoms with E-state index in [1.54, 1.807) is 29.2 Å². The zero-order chi connectivity index (χ0) is 22.8. The van der Waals surface area contributed by atoms with Crippen molar-refractivity contribution in [1.82, 2.24) is 9.80 Å². The van der Waals surface area contributed by atoms with Crippen LogP contribution in [0.3, 0.4) is 0 Å². The molecule has 2 heterocycles. The van der Waals surface area contributed by atoms with Crippen molar-refractivity contribution in [2.24, 2.45) is 5.73 Å². The van der Waals surface area contributed by atoms with E-state index >= 15 is 0 Å². The molecule has 0 saturated carbocycles. The van der Waals surface area contributed by atoms with Crippen LogP contribution in [-0.4, -0.2) is 59.7 Å². The molecule has 2 aliphatic rings. The third-order valence-corrected chi connectivity index (χ3v) is 7.79. The summed E-state index contributed by atoms with van der Waals surface area (Å²) < 4.78 is 0. The average molecular weight is 475 g/mol. The monoisotopic (exact) mass is 474 g/mol. The Kier molecular flexibility index (Phi) is 6.83. The van der Waals surface area contributed by atoms with Gasteiger partial charge >= 0.3 is 0 Å². The van der Waals surface area contributed by atoms with Gasteiger partial charge in [-0.1, -0.05) is 23.7 Å². The molecule has 9 heteroatoms. The van der Waals surface area contributed by atoms with Crippen LogP contribution >= 0.6 is 22.9 Å². The van der Waals surface area contributed by atoms with E-state index in [1.807, 2.05) is 6.92 Å². The maximum absolute atomic E-state index is 13.0. The van der Waals surface area contributed by atoms with Gasteiger partial charge in [0.2, 0.25) is 5.91 Å². The number of fused-ring (bicyclic) bond motifs is 1. The molecule has 1 aliphatic heterocycles. The lowest BCUT2D eigenvalue weighted by Gasteiger charge is -2.27. The minimum Gasteiger partial charge on any atom is -0.365 e. The lowest BCUT2D eigenvalue weighted by molar-refractivity contribution is -0.120. The fourth-order valence-electron chi connectivity index (χ4n) is 4.47. The van der Waals surface area contributed by atoms with E-state index in [1.165, 1.54) is 11.3 Å². The van der Waals surface area contributed by atoms with E-state index in [0.717, 1.165) is 36.1 Å². The largest absolute Gasteiger partial charge is 0.365 e. The topological polar surface area (TPSA) is 95.7 Å². The normalized spacial score (nSPS) is 17.5. The SMILES string of the molecule is CC(C(=O)Nc1sc2c(c1C(N)=O)CCC2)N1CCCN(C(=O)c2ccccc2Cl)CC1. The first-order valence-corrected chi connectivity index (χ1v) is 12.1. The second kappa shape index (κ2) is 9.60. The van der Waals surface area contributed by atoms with E-state index in [4.69, 9.17) is 17.3 Å². The molecule has 1 fully saturated rings. The molecular weight excluding hydrogens is 448 g/mol. The Morgan fingerprint density at radius 2 is 1.88 bits per heavy atom. The zero-order valence-electron chi connectivity index (χ0n) is 18.0. The number of amides is 3. The van der Waals surface area contributed by atoms with Crippen LogP contribution in [0.4, 0.5) is 5.00 Å². The minimum atomic E-state index is -0.490. The second-order valence-electron chi connectivity index (χ2n) is 8.25. The van der Waals surface area contributed by atoms with Crippen LogP contribution in [0.15, 0.2) is 24.3 Å². The highest BCUT2D eigenvalue weighted by atomic mass is 35.5. The first kappa shape index (κ1) is 22.8. The molecule has 7 nitrogen and oxygen atoms in total. The van der Waals surface area contributed by atoms with Crippen LogP contribution in [0.1, 0.15) is 50.9 Å². The van der Waals surface area contributed by atoms with Gasteiger partial charge in [-0.15, -0.1) is 11.3 Å². The lowest BCUT2D eigenvalue weighted by Crippen LogP contribution is -2.44. The van der Waals surface area contributed by atoms with E-state index in [9.17, 15) is 14.4 Å². The number of thiophene rings is 1. The van der Waals surface area contributed by atoms with Gasteiger partial charge in [0.15, 0.2) is 0 Å². The number of carbonyl (C=O) groups excluding carboxylic acids is 3. The molecule has 1 aromatic carbocycles. The second-order valence-corrected chi connectivity index (χ2v) is 9.76. The van der Waals surface area contributed by atoms with Crippen LogP contribution in [-0.2, 0) is 17.6 Å². The molecule has 4 rings (SSSR count). The summed E-state index contributed by atoms with van der Waals surface area (Å²) in [6, 6.07) is 6.65. The summed E-state index contributed by atoms with van der Waals surface area (Å²) >= 11 is 7.66. The molecule has 32 heavy (non-hydrogen) atoms. The molecular formula is C23H27ClN4O3S. The van der Waals surface area contributed by atoms with E-state index in [-0.39, 0.29) is 11.8 Å². The number of benzene rings is 1. The van der Waals surface area contributed by atoms with Gasteiger partial charge in [-0.2, -0.15) is 0 Å². The molecule has 1 unspecified atom stereocenters. The van der Waals surface area contributed by atoms with Crippen molar-refractivity contribution in [3.05, 3.63) is 50.9 Å². The summed E-state index contributed by atoms with van der Waals surface area (Å²) in [7, 11) is 0. The van der Waals surface area contributed by atoms with Crippen molar-refractivity contribution in [3.8, 4) is 0 Å². The highest BCUT2D eigenvalue weighted by Crippen LogP contribution is 2.39. The predicted molar refractivity (Wildman–Crippen MR) is 126 cm³/mol. The number of hydrogen-bond acceptors (Lipinski definition) is 5. The zero-order valence-corrected chi connectivity index (χ0v) is 19.6. The molecule has 1 aliphatic carbocycles. The highest BCUT2D eigenvalue weighted by molar-refractivity contribution is 7.17. The Balaban J connectivity index is 1.41. The van der Waals surface area contributed by atoms with Crippen molar-refractivity contribution in [3.63, 3.8) is 0 Å². The first-order valence-electron chi connectivity index (χ1n) is 10.9. The van der Waals surface area contributed by atoms with Gasteiger partial charge in [0.05, 0.1) is 22.2 Å². The van der Waals surface area contributed by atoms with Crippen LogP contribution in [0.2, 0.25) is 5.02 Å². The molecule has 3 amide bonds. The van der Waals surface area contributed by atoms with Crippen molar-refractivity contribution in [2.75, 3.05) is 31.5 Å². The van der Waals surface area contributed by atoms with Crippen molar-refractivity contribution in [1.29, 1.82) is 0 Å². The molecule has 1 aromatic heterocycles. The van der Waals surface area contributed by atoms with Gasteiger partial charge < -0.3 is 16.0 Å². The molecule has 2 aromatic rings. The van der Waals surface area contributed by atoms with Crippen molar-refractivity contribution < 1.29 is 14.4 Å². The molecule has 0 radical (unpaired) electrons.